The monoisotopic (exact) mass is 203 g/mol. The van der Waals surface area contributed by atoms with Gasteiger partial charge >= 0.3 is 0 Å². The van der Waals surface area contributed by atoms with E-state index in [0.717, 1.165) is 16.7 Å². The predicted octanol–water partition coefficient (Wildman–Crippen LogP) is 2.45. The summed E-state index contributed by atoms with van der Waals surface area (Å²) in [5.41, 5.74) is 5.69. The molecule has 0 aliphatic rings. The highest BCUT2D eigenvalue weighted by Crippen LogP contribution is 2.20. The van der Waals surface area contributed by atoms with Crippen molar-refractivity contribution in [1.29, 1.82) is 0 Å². The van der Waals surface area contributed by atoms with Crippen LogP contribution >= 0.6 is 15.9 Å². The molecule has 1 aromatic heterocycles. The second-order valence-electron chi connectivity index (χ2n) is 2.18. The summed E-state index contributed by atoms with van der Waals surface area (Å²) in [4.78, 5) is 0. The second kappa shape index (κ2) is 3.21. The Morgan fingerprint density at radius 2 is 2.50 bits per heavy atom. The average Bonchev–Trinajstić information content (AvgIpc) is 2.34. The summed E-state index contributed by atoms with van der Waals surface area (Å²) in [7, 11) is 0. The van der Waals surface area contributed by atoms with E-state index < -0.39 is 0 Å². The zero-order valence-electron chi connectivity index (χ0n) is 5.80. The van der Waals surface area contributed by atoms with Crippen LogP contribution in [0.1, 0.15) is 25.1 Å². The Labute approximate surface area is 68.5 Å². The van der Waals surface area contributed by atoms with Crippen LogP contribution < -0.4 is 5.73 Å². The number of rotatable bonds is 2. The van der Waals surface area contributed by atoms with Crippen molar-refractivity contribution < 1.29 is 4.42 Å². The molecule has 1 unspecified atom stereocenters. The van der Waals surface area contributed by atoms with Crippen LogP contribution in [-0.4, -0.2) is 0 Å². The van der Waals surface area contributed by atoms with Gasteiger partial charge in [0.15, 0.2) is 0 Å². The molecule has 0 spiro atoms. The van der Waals surface area contributed by atoms with Gasteiger partial charge in [-0.05, 0) is 28.4 Å². The summed E-state index contributed by atoms with van der Waals surface area (Å²) in [6.45, 7) is 2.03. The summed E-state index contributed by atoms with van der Waals surface area (Å²) in [5, 5.41) is 0. The molecule has 10 heavy (non-hydrogen) atoms. The second-order valence-corrected chi connectivity index (χ2v) is 3.10. The van der Waals surface area contributed by atoms with Crippen molar-refractivity contribution in [2.45, 2.75) is 19.4 Å². The van der Waals surface area contributed by atoms with Gasteiger partial charge in [0.1, 0.15) is 12.0 Å². The molecule has 1 atom stereocenters. The molecular formula is C7H10BrNO. The molecule has 0 amide bonds. The van der Waals surface area contributed by atoms with Crippen molar-refractivity contribution in [2.75, 3.05) is 0 Å². The van der Waals surface area contributed by atoms with Crippen molar-refractivity contribution in [1.82, 2.24) is 0 Å². The highest BCUT2D eigenvalue weighted by atomic mass is 79.9. The molecule has 0 radical (unpaired) electrons. The minimum atomic E-state index is 0.0336. The zero-order chi connectivity index (χ0) is 7.56. The van der Waals surface area contributed by atoms with E-state index >= 15 is 0 Å². The summed E-state index contributed by atoms with van der Waals surface area (Å²) in [5.74, 6) is 0.842. The van der Waals surface area contributed by atoms with E-state index in [2.05, 4.69) is 15.9 Å². The Hall–Kier alpha value is -0.280. The molecule has 0 aromatic carbocycles. The minimum Gasteiger partial charge on any atom is -0.466 e. The van der Waals surface area contributed by atoms with Gasteiger partial charge in [-0.1, -0.05) is 6.92 Å². The molecule has 0 bridgehead atoms. The molecule has 1 heterocycles. The highest BCUT2D eigenvalue weighted by molar-refractivity contribution is 9.10. The SMILES string of the molecule is CCC(N)c1cc(Br)co1. The van der Waals surface area contributed by atoms with Crippen molar-refractivity contribution in [2.24, 2.45) is 5.73 Å². The van der Waals surface area contributed by atoms with Crippen LogP contribution in [0, 0.1) is 0 Å². The Kier molecular flexibility index (Phi) is 2.51. The largest absolute Gasteiger partial charge is 0.466 e. The first-order valence-electron chi connectivity index (χ1n) is 3.23. The molecule has 0 aliphatic heterocycles. The van der Waals surface area contributed by atoms with Crippen LogP contribution in [0.25, 0.3) is 0 Å². The minimum absolute atomic E-state index is 0.0336. The van der Waals surface area contributed by atoms with Crippen LogP contribution in [0.4, 0.5) is 0 Å². The van der Waals surface area contributed by atoms with E-state index in [9.17, 15) is 0 Å². The van der Waals surface area contributed by atoms with Gasteiger partial charge in [0.2, 0.25) is 0 Å². The van der Waals surface area contributed by atoms with Gasteiger partial charge < -0.3 is 10.2 Å². The smallest absolute Gasteiger partial charge is 0.121 e. The Balaban J connectivity index is 2.74. The van der Waals surface area contributed by atoms with E-state index in [1.807, 2.05) is 13.0 Å². The summed E-state index contributed by atoms with van der Waals surface area (Å²) in [6, 6.07) is 1.93. The molecule has 3 heteroatoms. The van der Waals surface area contributed by atoms with E-state index in [4.69, 9.17) is 10.2 Å². The van der Waals surface area contributed by atoms with E-state index in [-0.39, 0.29) is 6.04 Å². The van der Waals surface area contributed by atoms with Crippen LogP contribution in [-0.2, 0) is 0 Å². The first kappa shape index (κ1) is 7.82. The lowest BCUT2D eigenvalue weighted by atomic mass is 10.2. The third-order valence-corrected chi connectivity index (χ3v) is 1.81. The Bertz CT molecular complexity index is 209. The molecule has 2 nitrogen and oxygen atoms in total. The lowest BCUT2D eigenvalue weighted by molar-refractivity contribution is 0.460. The maximum Gasteiger partial charge on any atom is 0.121 e. The molecule has 0 aliphatic carbocycles. The third-order valence-electron chi connectivity index (χ3n) is 1.39. The van der Waals surface area contributed by atoms with Gasteiger partial charge in [0.05, 0.1) is 10.5 Å². The molecule has 2 N–H and O–H groups in total. The van der Waals surface area contributed by atoms with Gasteiger partial charge in [-0.3, -0.25) is 0 Å². The van der Waals surface area contributed by atoms with Gasteiger partial charge in [0, 0.05) is 0 Å². The maximum atomic E-state index is 5.69. The van der Waals surface area contributed by atoms with Gasteiger partial charge in [0.25, 0.3) is 0 Å². The number of nitrogens with two attached hydrogens (primary N) is 1. The molecular weight excluding hydrogens is 194 g/mol. The fourth-order valence-electron chi connectivity index (χ4n) is 0.724. The number of furan rings is 1. The van der Waals surface area contributed by atoms with E-state index in [1.165, 1.54) is 0 Å². The Morgan fingerprint density at radius 1 is 1.80 bits per heavy atom. The van der Waals surface area contributed by atoms with Gasteiger partial charge in [-0.25, -0.2) is 0 Å². The molecule has 56 valence electrons. The highest BCUT2D eigenvalue weighted by Gasteiger charge is 2.06. The van der Waals surface area contributed by atoms with Crippen LogP contribution in [0.15, 0.2) is 21.2 Å². The third kappa shape index (κ3) is 1.61. The molecule has 1 rings (SSSR count). The first-order valence-corrected chi connectivity index (χ1v) is 4.03. The lowest BCUT2D eigenvalue weighted by Crippen LogP contribution is -2.06. The quantitative estimate of drug-likeness (QED) is 0.803. The van der Waals surface area contributed by atoms with Gasteiger partial charge in [-0.15, -0.1) is 0 Å². The van der Waals surface area contributed by atoms with Crippen molar-refractivity contribution in [3.05, 3.63) is 22.6 Å². The molecule has 0 saturated heterocycles. The van der Waals surface area contributed by atoms with Gasteiger partial charge in [-0.2, -0.15) is 0 Å². The number of halogens is 1. The number of hydrogen-bond acceptors (Lipinski definition) is 2. The van der Waals surface area contributed by atoms with Crippen LogP contribution in [0.5, 0.6) is 0 Å². The summed E-state index contributed by atoms with van der Waals surface area (Å²) < 4.78 is 6.10. The van der Waals surface area contributed by atoms with Crippen LogP contribution in [0.2, 0.25) is 0 Å². The van der Waals surface area contributed by atoms with Crippen molar-refractivity contribution >= 4 is 15.9 Å². The normalized spacial score (nSPS) is 13.5. The lowest BCUT2D eigenvalue weighted by Gasteiger charge is -2.01. The molecule has 0 saturated carbocycles. The predicted molar refractivity (Wildman–Crippen MR) is 43.6 cm³/mol. The van der Waals surface area contributed by atoms with Crippen molar-refractivity contribution in [3.8, 4) is 0 Å². The van der Waals surface area contributed by atoms with Crippen molar-refractivity contribution in [3.63, 3.8) is 0 Å². The molecule has 1 aromatic rings. The fourth-order valence-corrected chi connectivity index (χ4v) is 1.04. The zero-order valence-corrected chi connectivity index (χ0v) is 7.39. The van der Waals surface area contributed by atoms with E-state index in [0.29, 0.717) is 0 Å². The summed E-state index contributed by atoms with van der Waals surface area (Å²) in [6.07, 6.45) is 2.55. The Morgan fingerprint density at radius 3 is 2.90 bits per heavy atom. The fraction of sp³-hybridized carbons (Fsp3) is 0.429. The van der Waals surface area contributed by atoms with Crippen LogP contribution in [0.3, 0.4) is 0 Å². The summed E-state index contributed by atoms with van der Waals surface area (Å²) >= 11 is 3.28. The average molecular weight is 204 g/mol. The van der Waals surface area contributed by atoms with E-state index in [1.54, 1.807) is 6.26 Å². The number of hydrogen-bond donors (Lipinski definition) is 1. The topological polar surface area (TPSA) is 39.2 Å². The first-order chi connectivity index (χ1) is 4.74. The maximum absolute atomic E-state index is 5.69. The standard InChI is InChI=1S/C7H10BrNO/c1-2-6(9)7-3-5(8)4-10-7/h3-4,6H,2,9H2,1H3. The molecule has 0 fully saturated rings.